The molecule has 0 heterocycles. The van der Waals surface area contributed by atoms with Crippen LogP contribution in [-0.4, -0.2) is 14.8 Å². The molecule has 0 saturated carbocycles. The number of carbonyl (C=O) groups is 1. The zero-order valence-corrected chi connectivity index (χ0v) is 8.34. The molecule has 0 aliphatic carbocycles. The van der Waals surface area contributed by atoms with Crippen LogP contribution in [0.1, 0.15) is 5.56 Å². The first kappa shape index (κ1) is 10.7. The second kappa shape index (κ2) is 4.21. The molecule has 5 nitrogen and oxygen atoms in total. The second-order valence-electron chi connectivity index (χ2n) is 2.68. The Morgan fingerprint density at radius 1 is 1.21 bits per heavy atom. The van der Waals surface area contributed by atoms with Gasteiger partial charge in [-0.15, -0.1) is 4.83 Å². The van der Waals surface area contributed by atoms with Crippen LogP contribution in [0.3, 0.4) is 0 Å². The van der Waals surface area contributed by atoms with E-state index in [-0.39, 0.29) is 11.3 Å². The predicted molar refractivity (Wildman–Crippen MR) is 50.7 cm³/mol. The molecule has 1 amide bonds. The Labute approximate surface area is 82.2 Å². The molecule has 14 heavy (non-hydrogen) atoms. The number of amides is 1. The Kier molecular flexibility index (Phi) is 3.21. The molecule has 0 aliphatic rings. The van der Waals surface area contributed by atoms with Gasteiger partial charge in [0, 0.05) is 0 Å². The Hall–Kier alpha value is -1.40. The fourth-order valence-corrected chi connectivity index (χ4v) is 1.69. The van der Waals surface area contributed by atoms with Gasteiger partial charge < -0.3 is 0 Å². The van der Waals surface area contributed by atoms with E-state index in [9.17, 15) is 13.2 Å². The van der Waals surface area contributed by atoms with Gasteiger partial charge in [0.1, 0.15) is 0 Å². The van der Waals surface area contributed by atoms with Crippen molar-refractivity contribution in [2.75, 3.05) is 0 Å². The number of rotatable bonds is 4. The number of hydrogen-bond acceptors (Lipinski definition) is 3. The van der Waals surface area contributed by atoms with Gasteiger partial charge in [0.05, 0.1) is 4.90 Å². The van der Waals surface area contributed by atoms with Gasteiger partial charge in [-0.05, 0) is 19.1 Å². The van der Waals surface area contributed by atoms with Gasteiger partial charge >= 0.3 is 0 Å². The molecule has 6 heteroatoms. The largest absolute Gasteiger partial charge is 0.280 e. The summed E-state index contributed by atoms with van der Waals surface area (Å²) < 4.78 is 22.7. The van der Waals surface area contributed by atoms with Gasteiger partial charge in [0.2, 0.25) is 6.41 Å². The van der Waals surface area contributed by atoms with Crippen molar-refractivity contribution in [1.82, 2.24) is 10.3 Å². The first-order valence-electron chi connectivity index (χ1n) is 3.84. The van der Waals surface area contributed by atoms with Crippen molar-refractivity contribution in [3.8, 4) is 0 Å². The van der Waals surface area contributed by atoms with E-state index in [1.807, 2.05) is 17.2 Å². The lowest BCUT2D eigenvalue weighted by molar-refractivity contribution is -0.109. The number of hydrogen-bond donors (Lipinski definition) is 2. The van der Waals surface area contributed by atoms with Gasteiger partial charge in [0.15, 0.2) is 0 Å². The van der Waals surface area contributed by atoms with E-state index in [1.165, 1.54) is 12.1 Å². The van der Waals surface area contributed by atoms with Crippen LogP contribution in [0.25, 0.3) is 0 Å². The second-order valence-corrected chi connectivity index (χ2v) is 4.36. The van der Waals surface area contributed by atoms with Crippen LogP contribution in [-0.2, 0) is 14.8 Å². The Balaban J connectivity index is 2.93. The highest BCUT2D eigenvalue weighted by molar-refractivity contribution is 7.89. The van der Waals surface area contributed by atoms with Crippen LogP contribution in [0.5, 0.6) is 0 Å². The normalized spacial score (nSPS) is 10.9. The fourth-order valence-electron chi connectivity index (χ4n) is 0.878. The van der Waals surface area contributed by atoms with Gasteiger partial charge in [-0.25, -0.2) is 8.42 Å². The molecule has 0 aromatic heterocycles. The molecule has 2 N–H and O–H groups in total. The number of hydrazine groups is 1. The van der Waals surface area contributed by atoms with Crippen LogP contribution in [0.15, 0.2) is 29.2 Å². The SMILES string of the molecule is Cc1ccc(S(=O)(=O)NNC=O)cc1. The number of nitrogens with one attached hydrogen (secondary N) is 2. The van der Waals surface area contributed by atoms with Crippen LogP contribution >= 0.6 is 0 Å². The monoisotopic (exact) mass is 214 g/mol. The zero-order chi connectivity index (χ0) is 10.6. The molecule has 0 spiro atoms. The number of aryl methyl sites for hydroxylation is 1. The molecule has 0 unspecified atom stereocenters. The average molecular weight is 214 g/mol. The summed E-state index contributed by atoms with van der Waals surface area (Å²) >= 11 is 0. The van der Waals surface area contributed by atoms with E-state index in [1.54, 1.807) is 12.1 Å². The molecule has 0 bridgehead atoms. The van der Waals surface area contributed by atoms with E-state index in [2.05, 4.69) is 0 Å². The summed E-state index contributed by atoms with van der Waals surface area (Å²) in [5.74, 6) is 0. The highest BCUT2D eigenvalue weighted by Crippen LogP contribution is 2.08. The van der Waals surface area contributed by atoms with E-state index in [4.69, 9.17) is 0 Å². The quantitative estimate of drug-likeness (QED) is 0.544. The van der Waals surface area contributed by atoms with Crippen LogP contribution in [0.4, 0.5) is 0 Å². The van der Waals surface area contributed by atoms with Crippen LogP contribution in [0.2, 0.25) is 0 Å². The number of carbonyl (C=O) groups excluding carboxylic acids is 1. The third-order valence-corrected chi connectivity index (χ3v) is 2.86. The van der Waals surface area contributed by atoms with Gasteiger partial charge in [-0.1, -0.05) is 17.7 Å². The third kappa shape index (κ3) is 2.54. The van der Waals surface area contributed by atoms with Gasteiger partial charge in [0.25, 0.3) is 10.0 Å². The molecular weight excluding hydrogens is 204 g/mol. The maximum absolute atomic E-state index is 11.4. The van der Waals surface area contributed by atoms with E-state index in [0.29, 0.717) is 0 Å². The lowest BCUT2D eigenvalue weighted by atomic mass is 10.2. The molecule has 1 rings (SSSR count). The lowest BCUT2D eigenvalue weighted by Gasteiger charge is -2.04. The minimum atomic E-state index is -3.63. The van der Waals surface area contributed by atoms with Crippen molar-refractivity contribution in [3.63, 3.8) is 0 Å². The minimum absolute atomic E-state index is 0.109. The Morgan fingerprint density at radius 2 is 1.79 bits per heavy atom. The maximum atomic E-state index is 11.4. The number of benzene rings is 1. The maximum Gasteiger partial charge on any atom is 0.257 e. The van der Waals surface area contributed by atoms with Crippen molar-refractivity contribution in [1.29, 1.82) is 0 Å². The molecular formula is C8H10N2O3S. The van der Waals surface area contributed by atoms with Crippen molar-refractivity contribution in [3.05, 3.63) is 29.8 Å². The molecule has 0 saturated heterocycles. The van der Waals surface area contributed by atoms with Gasteiger partial charge in [-0.3, -0.25) is 10.2 Å². The smallest absolute Gasteiger partial charge is 0.257 e. The topological polar surface area (TPSA) is 75.3 Å². The fraction of sp³-hybridized carbons (Fsp3) is 0.125. The van der Waals surface area contributed by atoms with Crippen LogP contribution in [0, 0.1) is 6.92 Å². The molecule has 0 aliphatic heterocycles. The standard InChI is InChI=1S/C8H10N2O3S/c1-7-2-4-8(5-3-7)14(12,13)10-9-6-11/h2-6,10H,1H3,(H,9,11). The Morgan fingerprint density at radius 3 is 2.29 bits per heavy atom. The molecule has 1 aromatic carbocycles. The minimum Gasteiger partial charge on any atom is -0.280 e. The molecule has 1 aromatic rings. The first-order valence-corrected chi connectivity index (χ1v) is 5.32. The predicted octanol–water partition coefficient (Wildman–Crippen LogP) is -0.0657. The molecule has 0 fully saturated rings. The summed E-state index contributed by atoms with van der Waals surface area (Å²) in [6.07, 6.45) is 0.256. The third-order valence-electron chi connectivity index (χ3n) is 1.58. The number of sulfonamides is 1. The van der Waals surface area contributed by atoms with E-state index >= 15 is 0 Å². The Bertz CT molecular complexity index is 411. The van der Waals surface area contributed by atoms with Crippen molar-refractivity contribution in [2.45, 2.75) is 11.8 Å². The summed E-state index contributed by atoms with van der Waals surface area (Å²) in [5.41, 5.74) is 2.85. The summed E-state index contributed by atoms with van der Waals surface area (Å²) in [5, 5.41) is 0. The van der Waals surface area contributed by atoms with Crippen molar-refractivity contribution < 1.29 is 13.2 Å². The molecule has 0 atom stereocenters. The summed E-state index contributed by atoms with van der Waals surface area (Å²) in [6.45, 7) is 1.85. The average Bonchev–Trinajstić information content (AvgIpc) is 2.16. The van der Waals surface area contributed by atoms with Gasteiger partial charge in [-0.2, -0.15) is 0 Å². The summed E-state index contributed by atoms with van der Waals surface area (Å²) in [7, 11) is -3.63. The van der Waals surface area contributed by atoms with Crippen molar-refractivity contribution >= 4 is 16.4 Å². The van der Waals surface area contributed by atoms with E-state index < -0.39 is 10.0 Å². The van der Waals surface area contributed by atoms with E-state index in [0.717, 1.165) is 5.56 Å². The molecule has 0 radical (unpaired) electrons. The highest BCUT2D eigenvalue weighted by atomic mass is 32.2. The summed E-state index contributed by atoms with van der Waals surface area (Å²) in [4.78, 5) is 11.9. The van der Waals surface area contributed by atoms with Crippen molar-refractivity contribution in [2.24, 2.45) is 0 Å². The first-order chi connectivity index (χ1) is 6.56. The zero-order valence-electron chi connectivity index (χ0n) is 7.52. The molecule has 76 valence electrons. The summed E-state index contributed by atoms with van der Waals surface area (Å²) in [6, 6.07) is 6.28. The highest BCUT2D eigenvalue weighted by Gasteiger charge is 2.11. The lowest BCUT2D eigenvalue weighted by Crippen LogP contribution is -2.36. The van der Waals surface area contributed by atoms with Crippen LogP contribution < -0.4 is 10.3 Å².